The van der Waals surface area contributed by atoms with E-state index in [9.17, 15) is 178 Å². The van der Waals surface area contributed by atoms with Gasteiger partial charge in [0.2, 0.25) is 42.5 Å². The first-order valence-corrected chi connectivity index (χ1v) is 40.7. The molecule has 26 N–H and O–H groups in total. The van der Waals surface area contributed by atoms with Crippen molar-refractivity contribution < 1.29 is 285 Å². The van der Waals surface area contributed by atoms with E-state index in [1.807, 2.05) is 5.32 Å². The third-order valence-electron chi connectivity index (χ3n) is 18.9. The number of carbonyl (C=O) groups excluding carboxylic acids is 4. The molecule has 124 heavy (non-hydrogen) atoms. The summed E-state index contributed by atoms with van der Waals surface area (Å²) in [7, 11) is -22.7. The van der Waals surface area contributed by atoms with Crippen LogP contribution in [0.1, 0.15) is 27.7 Å². The fourth-order valence-electron chi connectivity index (χ4n) is 13.4. The smallest absolute Gasteiger partial charge is 0.397 e. The zero-order chi connectivity index (χ0) is 92.9. The molecule has 8 fully saturated rings. The van der Waals surface area contributed by atoms with Crippen LogP contribution >= 0.6 is 0 Å². The summed E-state index contributed by atoms with van der Waals surface area (Å²) in [6, 6.07) is -9.01. The van der Waals surface area contributed by atoms with E-state index in [4.69, 9.17) is 90.7 Å². The van der Waals surface area contributed by atoms with Gasteiger partial charge in [0, 0.05) is 27.7 Å². The topological polar surface area (TPSA) is 969 Å². The van der Waals surface area contributed by atoms with E-state index in [0.29, 0.717) is 13.8 Å². The number of hydrogen-bond donors (Lipinski definition) is 26. The Morgan fingerprint density at radius 2 is 0.581 bits per heavy atom. The third kappa shape index (κ3) is 26.0. The lowest BCUT2D eigenvalue weighted by Crippen LogP contribution is -2.70. The number of hydrogen-bond acceptors (Lipinski definition) is 52. The molecule has 0 aromatic rings. The number of nitrogens with one attached hydrogen (secondary N) is 4. The Hall–Kier alpha value is -6.04. The molecule has 714 valence electrons. The number of aliphatic carboxylic acids is 4. The lowest BCUT2D eigenvalue weighted by molar-refractivity contribution is -0.466. The van der Waals surface area contributed by atoms with Crippen molar-refractivity contribution in [3.05, 3.63) is 0 Å². The summed E-state index contributed by atoms with van der Waals surface area (Å²) in [5.74, 6) is -13.5. The molecule has 0 unspecified atom stereocenters. The highest BCUT2D eigenvalue weighted by Gasteiger charge is 2.63. The summed E-state index contributed by atoms with van der Waals surface area (Å²) in [5, 5.41) is 205. The highest BCUT2D eigenvalue weighted by molar-refractivity contribution is 7.81. The van der Waals surface area contributed by atoms with Gasteiger partial charge >= 0.3 is 65.5 Å². The largest absolute Gasteiger partial charge is 0.479 e. The second kappa shape index (κ2) is 42.7. The Morgan fingerprint density at radius 3 is 0.952 bits per heavy atom. The quantitative estimate of drug-likeness (QED) is 0.0156. The molecule has 68 heteroatoms. The minimum atomic E-state index is -6.08. The van der Waals surface area contributed by atoms with Gasteiger partial charge < -0.3 is 170 Å². The monoisotopic (exact) mass is 1900 g/mol. The van der Waals surface area contributed by atoms with E-state index >= 15 is 0 Å². The molecule has 8 aliphatic heterocycles. The normalized spacial score (nSPS) is 42.0. The van der Waals surface area contributed by atoms with Gasteiger partial charge in [0.05, 0.1) is 26.4 Å². The van der Waals surface area contributed by atoms with Crippen molar-refractivity contribution in [3.8, 4) is 0 Å². The van der Waals surface area contributed by atoms with Gasteiger partial charge in [0.15, 0.2) is 80.3 Å². The summed E-state index contributed by atoms with van der Waals surface area (Å²) in [6.07, 6.45) is -93.2. The fraction of sp³-hybridized carbons (Fsp3) is 0.857. The molecule has 8 heterocycles. The number of aliphatic hydroxyl groups excluding tert-OH is 14. The number of carbonyl (C=O) groups is 8. The first kappa shape index (κ1) is 103. The van der Waals surface area contributed by atoms with E-state index in [0.717, 1.165) is 13.8 Å². The molecule has 8 rings (SSSR count). The van der Waals surface area contributed by atoms with Crippen LogP contribution in [0.2, 0.25) is 0 Å². The van der Waals surface area contributed by atoms with Gasteiger partial charge in [-0.3, -0.25) is 37.4 Å². The van der Waals surface area contributed by atoms with Crippen LogP contribution < -0.4 is 21.3 Å². The van der Waals surface area contributed by atoms with Crippen LogP contribution in [0, 0.1) is 0 Å². The highest BCUT2D eigenvalue weighted by atomic mass is 32.3. The lowest BCUT2D eigenvalue weighted by atomic mass is 9.95. The van der Waals surface area contributed by atoms with Crippen LogP contribution in [-0.4, -0.2) is 463 Å². The van der Waals surface area contributed by atoms with E-state index in [2.05, 4.69) is 32.7 Å². The number of carboxylic acid groups (broad SMARTS) is 4. The highest BCUT2D eigenvalue weighted by Crippen LogP contribution is 2.40. The van der Waals surface area contributed by atoms with Crippen LogP contribution in [0.15, 0.2) is 0 Å². The van der Waals surface area contributed by atoms with Crippen molar-refractivity contribution in [3.63, 3.8) is 0 Å². The molecule has 8 aliphatic rings. The molecular weight excluding hydrogens is 1820 g/mol. The molecule has 0 radical (unpaired) electrons. The molecule has 0 saturated carbocycles. The average Bonchev–Trinajstić information content (AvgIpc) is 0.768. The Morgan fingerprint density at radius 1 is 0.282 bits per heavy atom. The second-order valence-corrected chi connectivity index (χ2v) is 32.0. The third-order valence-corrected chi connectivity index (χ3v) is 20.7. The first-order chi connectivity index (χ1) is 57.5. The molecule has 0 aliphatic carbocycles. The van der Waals surface area contributed by atoms with Crippen LogP contribution in [-0.2, 0) is 183 Å². The Kier molecular flexibility index (Phi) is 35.6. The minimum absolute atomic E-state index is 0.699. The summed E-state index contributed by atoms with van der Waals surface area (Å²) in [6.45, 7) is -2.77. The predicted octanol–water partition coefficient (Wildman–Crippen LogP) is -18.4. The van der Waals surface area contributed by atoms with Gasteiger partial charge in [-0.25, -0.2) is 65.2 Å². The van der Waals surface area contributed by atoms with Gasteiger partial charge in [-0.05, 0) is 0 Å². The number of aliphatic hydroxyl groups is 14. The molecule has 8 saturated heterocycles. The number of amides is 4. The van der Waals surface area contributed by atoms with Gasteiger partial charge in [-0.2, -0.15) is 33.7 Å². The Balaban J connectivity index is 1.03. The summed E-state index contributed by atoms with van der Waals surface area (Å²) in [5.41, 5.74) is 0. The molecule has 0 spiro atoms. The van der Waals surface area contributed by atoms with Crippen molar-refractivity contribution >= 4 is 89.1 Å². The number of carboxylic acids is 4. The van der Waals surface area contributed by atoms with Crippen LogP contribution in [0.5, 0.6) is 0 Å². The Labute approximate surface area is 692 Å². The molecule has 0 bridgehead atoms. The molecule has 64 nitrogen and oxygen atoms in total. The molecule has 0 aromatic heterocycles. The first-order valence-electron chi connectivity index (χ1n) is 35.2. The van der Waals surface area contributed by atoms with E-state index in [-0.39, 0.29) is 0 Å². The minimum Gasteiger partial charge on any atom is -0.479 e. The fourth-order valence-corrected chi connectivity index (χ4v) is 15.0. The van der Waals surface area contributed by atoms with Crippen LogP contribution in [0.25, 0.3) is 0 Å². The van der Waals surface area contributed by atoms with E-state index < -0.39 is 361 Å². The maximum Gasteiger partial charge on any atom is 0.397 e. The van der Waals surface area contributed by atoms with E-state index in [1.54, 1.807) is 0 Å². The van der Waals surface area contributed by atoms with Crippen molar-refractivity contribution in [2.75, 3.05) is 26.4 Å². The van der Waals surface area contributed by atoms with Crippen molar-refractivity contribution in [2.24, 2.45) is 0 Å². The number of rotatable bonds is 37. The van der Waals surface area contributed by atoms with Gasteiger partial charge in [-0.15, -0.1) is 0 Å². The van der Waals surface area contributed by atoms with Crippen molar-refractivity contribution in [1.82, 2.24) is 21.3 Å². The van der Waals surface area contributed by atoms with Gasteiger partial charge in [-0.1, -0.05) is 0 Å². The van der Waals surface area contributed by atoms with Gasteiger partial charge in [0.25, 0.3) is 0 Å². The van der Waals surface area contributed by atoms with E-state index in [1.165, 1.54) is 0 Å². The summed E-state index contributed by atoms with van der Waals surface area (Å²) < 4.78 is 218. The lowest BCUT2D eigenvalue weighted by Gasteiger charge is -2.48. The molecule has 0 aromatic carbocycles. The molecule has 40 atom stereocenters. The zero-order valence-electron chi connectivity index (χ0n) is 62.9. The molecular formula is C56H86N4O60S4. The average molecular weight is 1900 g/mol. The summed E-state index contributed by atoms with van der Waals surface area (Å²) in [4.78, 5) is 133. The van der Waals surface area contributed by atoms with Crippen LogP contribution in [0.3, 0.4) is 0 Å². The maximum atomic E-state index is 13.2. The number of ether oxygens (including phenoxy) is 12. The Bertz CT molecular complexity index is 4160. The van der Waals surface area contributed by atoms with Gasteiger partial charge in [0.1, 0.15) is 146 Å². The molecule has 4 amide bonds. The second-order valence-electron chi connectivity index (χ2n) is 27.7. The zero-order valence-corrected chi connectivity index (χ0v) is 66.2. The van der Waals surface area contributed by atoms with Crippen molar-refractivity contribution in [1.29, 1.82) is 0 Å². The van der Waals surface area contributed by atoms with Crippen LogP contribution in [0.4, 0.5) is 0 Å². The maximum absolute atomic E-state index is 13.2. The van der Waals surface area contributed by atoms with Crippen molar-refractivity contribution in [2.45, 2.75) is 273 Å². The standard InChI is InChI=1S/C56H86N4O60S4/c1-9(63)57-17-33(22(68)15(101-49(17)86)7-99-121(87,88)89)105-54-29(75)26(72)38(42(110-54)46(80)81)114-117-51-19(59-11(3)65)35(23(69)16(104-51)8-100-122(90,91)92)106-55-30(76)27(73)37(43(111-55)47(82)83)113-116-50-18(58-10(2)64)34(21(67)13(5-61)102-50)107-56-41(120-124(96,97)98)31(77)39(44(112-56)48(84)85)115-118-52-20(60-12(4)66)36(32(14(6-62)103-52)119-123(93,94)95)108-53-28(74)24(70)25(71)40(109-53)45(78)79/h13-44,49-56,61-62,67-77,86H,5-8H2,1-4H3,(H,57,63)(H,58,64)(H,59,65)(H,60,66)(H,78,79)(H,80,81)(H,82,83)(H,84,85)(H,87,88,89)(H,90,91,92)(H,93,94,95)(H,96,97,98)/t13-,14-,15-,16-,17-,18-,19-,20-,21+,22+,23+,24+,25+,26-,27-,28-,29-,30-,31+,32+,33-,34-,35-,36-,37+,38+,39+,40+,41-,42+,43+,44+,49+,50-,51-,52-,53-,54-,55-,56-/m1/s1. The summed E-state index contributed by atoms with van der Waals surface area (Å²) >= 11 is 0. The predicted molar refractivity (Wildman–Crippen MR) is 358 cm³/mol. The SMILES string of the molecule is CC(=O)N[C@@H]1[C@@H](O[C@@H]2O[C@H](C(=O)O)[C@@H](OO[C@H]3O[C@H](COS(=O)(=O)O)[C@H](O)[C@H](O[C@@H]4O[C@H](C(=O)O)[C@@H](OO[C@H]5O[C@H](CO)[C@H](O)[C@H](O[C@@H]6O[C@H](C(=O)O)[C@@H](OO[C@H]7O[C@H](CO)[C@H](OS(=O)(=O)O)[C@H](O[C@@H]8O[C@H](C(=O)O)[C@@H](O)[C@H](O)[C@H]8O)[C@H]7NC(C)=O)[C@H](O)[C@H]6OS(=O)(=O)O)[C@H]5NC(C)=O)[C@H](O)[C@H]4O)[C@H]3NC(C)=O)[C@H](O)[C@H]2O)[C@@H](O)[C@@H](COS(=O)(=O)O)O[C@@H]1O.